The van der Waals surface area contributed by atoms with Gasteiger partial charge >= 0.3 is 0 Å². The van der Waals surface area contributed by atoms with Gasteiger partial charge in [0.15, 0.2) is 0 Å². The van der Waals surface area contributed by atoms with Crippen molar-refractivity contribution in [2.75, 3.05) is 18.0 Å². The van der Waals surface area contributed by atoms with Crippen LogP contribution in [-0.2, 0) is 11.2 Å². The lowest BCUT2D eigenvalue weighted by Gasteiger charge is -2.27. The molecule has 3 N–H and O–H groups in total. The quantitative estimate of drug-likeness (QED) is 0.859. The molecule has 1 heterocycles. The molecule has 2 aromatic rings. The van der Waals surface area contributed by atoms with Crippen LogP contribution in [0.4, 0.5) is 5.69 Å². The third kappa shape index (κ3) is 3.77. The first-order valence-corrected chi connectivity index (χ1v) is 8.57. The van der Waals surface area contributed by atoms with Gasteiger partial charge < -0.3 is 16.0 Å². The van der Waals surface area contributed by atoms with E-state index in [2.05, 4.69) is 41.4 Å². The fraction of sp³-hybridized carbons (Fsp3) is 0.350. The highest BCUT2D eigenvalue weighted by Gasteiger charge is 2.23. The maximum Gasteiger partial charge on any atom is 0.221 e. The number of amides is 1. The van der Waals surface area contributed by atoms with Gasteiger partial charge in [-0.25, -0.2) is 0 Å². The minimum atomic E-state index is -0.256. The molecule has 1 aliphatic rings. The lowest BCUT2D eigenvalue weighted by molar-refractivity contribution is -0.121. The third-order valence-electron chi connectivity index (χ3n) is 4.68. The average molecular weight is 323 g/mol. The lowest BCUT2D eigenvalue weighted by Crippen LogP contribution is -2.42. The first-order chi connectivity index (χ1) is 11.6. The van der Waals surface area contributed by atoms with Crippen LogP contribution in [0.3, 0.4) is 0 Å². The number of carbonyl (C=O) groups excluding carboxylic acids is 1. The van der Waals surface area contributed by atoms with Crippen LogP contribution in [0.5, 0.6) is 0 Å². The molecule has 0 aromatic heterocycles. The molecule has 3 rings (SSSR count). The van der Waals surface area contributed by atoms with Gasteiger partial charge in [0.05, 0.1) is 0 Å². The van der Waals surface area contributed by atoms with Crippen LogP contribution in [0.1, 0.15) is 30.5 Å². The molecule has 0 radical (unpaired) electrons. The number of anilines is 1. The summed E-state index contributed by atoms with van der Waals surface area (Å²) in [6.45, 7) is 3.80. The highest BCUT2D eigenvalue weighted by atomic mass is 16.1. The van der Waals surface area contributed by atoms with E-state index in [1.165, 1.54) is 11.3 Å². The maximum absolute atomic E-state index is 12.2. The van der Waals surface area contributed by atoms with Crippen molar-refractivity contribution < 1.29 is 4.79 Å². The number of hydrogen-bond donors (Lipinski definition) is 2. The van der Waals surface area contributed by atoms with Crippen LogP contribution in [0.15, 0.2) is 54.6 Å². The molecule has 2 atom stereocenters. The molecule has 0 spiro atoms. The van der Waals surface area contributed by atoms with Gasteiger partial charge in [0.25, 0.3) is 0 Å². The monoisotopic (exact) mass is 323 g/mol. The Morgan fingerprint density at radius 3 is 2.67 bits per heavy atom. The number of fused-ring (bicyclic) bond motifs is 1. The second-order valence-electron chi connectivity index (χ2n) is 6.45. The normalized spacial score (nSPS) is 15.7. The summed E-state index contributed by atoms with van der Waals surface area (Å²) in [5.74, 6) is 0.00526. The molecule has 1 amide bonds. The Labute approximate surface area is 143 Å². The van der Waals surface area contributed by atoms with Gasteiger partial charge in [0, 0.05) is 37.3 Å². The van der Waals surface area contributed by atoms with Crippen LogP contribution in [0.25, 0.3) is 0 Å². The number of nitrogens with two attached hydrogens (primary N) is 1. The molecule has 0 fully saturated rings. The van der Waals surface area contributed by atoms with E-state index in [1.54, 1.807) is 0 Å². The van der Waals surface area contributed by atoms with Crippen molar-refractivity contribution >= 4 is 11.6 Å². The van der Waals surface area contributed by atoms with Crippen LogP contribution >= 0.6 is 0 Å². The number of para-hydroxylation sites is 1. The summed E-state index contributed by atoms with van der Waals surface area (Å²) in [4.78, 5) is 14.5. The number of rotatable bonds is 6. The highest BCUT2D eigenvalue weighted by molar-refractivity contribution is 5.77. The fourth-order valence-electron chi connectivity index (χ4n) is 3.28. The van der Waals surface area contributed by atoms with Gasteiger partial charge in [-0.2, -0.15) is 0 Å². The first-order valence-electron chi connectivity index (χ1n) is 8.57. The van der Waals surface area contributed by atoms with E-state index in [1.807, 2.05) is 30.3 Å². The van der Waals surface area contributed by atoms with Crippen molar-refractivity contribution in [2.45, 2.75) is 31.8 Å². The van der Waals surface area contributed by atoms with Gasteiger partial charge in [-0.15, -0.1) is 0 Å². The van der Waals surface area contributed by atoms with E-state index in [-0.39, 0.29) is 18.0 Å². The summed E-state index contributed by atoms with van der Waals surface area (Å²) < 4.78 is 0. The summed E-state index contributed by atoms with van der Waals surface area (Å²) in [5.41, 5.74) is 9.79. The Balaban J connectivity index is 1.50. The van der Waals surface area contributed by atoms with Gasteiger partial charge in [-0.3, -0.25) is 4.79 Å². The molecule has 0 saturated heterocycles. The Hall–Kier alpha value is -2.33. The molecule has 2 unspecified atom stereocenters. The van der Waals surface area contributed by atoms with Crippen molar-refractivity contribution in [1.82, 2.24) is 5.32 Å². The standard InChI is InChI=1S/C20H25N3O/c1-15(23-12-11-17-9-5-6-10-19(17)23)14-22-20(24)13-18(21)16-7-3-2-4-8-16/h2-10,15,18H,11-14,21H2,1H3,(H,22,24). The smallest absolute Gasteiger partial charge is 0.221 e. The molecule has 24 heavy (non-hydrogen) atoms. The molecule has 4 nitrogen and oxygen atoms in total. The zero-order chi connectivity index (χ0) is 16.9. The zero-order valence-electron chi connectivity index (χ0n) is 14.1. The molecule has 0 bridgehead atoms. The summed E-state index contributed by atoms with van der Waals surface area (Å²) in [6.07, 6.45) is 1.39. The Bertz CT molecular complexity index is 686. The second-order valence-corrected chi connectivity index (χ2v) is 6.45. The SMILES string of the molecule is CC(CNC(=O)CC(N)c1ccccc1)N1CCc2ccccc21. The van der Waals surface area contributed by atoms with E-state index in [0.717, 1.165) is 18.5 Å². The van der Waals surface area contributed by atoms with Crippen molar-refractivity contribution in [3.8, 4) is 0 Å². The average Bonchev–Trinajstić information content (AvgIpc) is 3.04. The van der Waals surface area contributed by atoms with Crippen molar-refractivity contribution in [2.24, 2.45) is 5.73 Å². The first kappa shape index (κ1) is 16.5. The minimum absolute atomic E-state index is 0.00526. The number of carbonyl (C=O) groups is 1. The summed E-state index contributed by atoms with van der Waals surface area (Å²) >= 11 is 0. The molecule has 0 saturated carbocycles. The Kier molecular flexibility index (Phi) is 5.16. The molecular weight excluding hydrogens is 298 g/mol. The van der Waals surface area contributed by atoms with Crippen molar-refractivity contribution in [1.29, 1.82) is 0 Å². The van der Waals surface area contributed by atoms with Crippen molar-refractivity contribution in [3.05, 3.63) is 65.7 Å². The predicted octanol–water partition coefficient (Wildman–Crippen LogP) is 2.64. The maximum atomic E-state index is 12.2. The van der Waals surface area contributed by atoms with Gasteiger partial charge in [-0.05, 0) is 30.5 Å². The van der Waals surface area contributed by atoms with E-state index >= 15 is 0 Å². The molecule has 126 valence electrons. The largest absolute Gasteiger partial charge is 0.366 e. The fourth-order valence-corrected chi connectivity index (χ4v) is 3.28. The summed E-state index contributed by atoms with van der Waals surface area (Å²) in [6, 6.07) is 18.3. The molecule has 1 aliphatic heterocycles. The minimum Gasteiger partial charge on any atom is -0.366 e. The van der Waals surface area contributed by atoms with Crippen LogP contribution in [0, 0.1) is 0 Å². The van der Waals surface area contributed by atoms with Gasteiger partial charge in [-0.1, -0.05) is 48.5 Å². The third-order valence-corrected chi connectivity index (χ3v) is 4.68. The van der Waals surface area contributed by atoms with E-state index < -0.39 is 0 Å². The van der Waals surface area contributed by atoms with E-state index in [0.29, 0.717) is 13.0 Å². The number of nitrogens with zero attached hydrogens (tertiary/aromatic N) is 1. The number of nitrogens with one attached hydrogen (secondary N) is 1. The second kappa shape index (κ2) is 7.49. The Morgan fingerprint density at radius 2 is 1.88 bits per heavy atom. The van der Waals surface area contributed by atoms with Gasteiger partial charge in [0.1, 0.15) is 0 Å². The number of hydrogen-bond acceptors (Lipinski definition) is 3. The van der Waals surface area contributed by atoms with Crippen LogP contribution < -0.4 is 16.0 Å². The number of benzene rings is 2. The summed E-state index contributed by atoms with van der Waals surface area (Å²) in [5, 5.41) is 3.03. The zero-order valence-corrected chi connectivity index (χ0v) is 14.1. The molecule has 4 heteroatoms. The molecular formula is C20H25N3O. The summed E-state index contributed by atoms with van der Waals surface area (Å²) in [7, 11) is 0. The van der Waals surface area contributed by atoms with Crippen molar-refractivity contribution in [3.63, 3.8) is 0 Å². The van der Waals surface area contributed by atoms with E-state index in [4.69, 9.17) is 5.73 Å². The topological polar surface area (TPSA) is 58.4 Å². The lowest BCUT2D eigenvalue weighted by atomic mass is 10.0. The molecule has 0 aliphatic carbocycles. The Morgan fingerprint density at radius 1 is 1.17 bits per heavy atom. The van der Waals surface area contributed by atoms with E-state index in [9.17, 15) is 4.79 Å². The molecule has 2 aromatic carbocycles. The predicted molar refractivity (Wildman–Crippen MR) is 98.0 cm³/mol. The van der Waals surface area contributed by atoms with Crippen LogP contribution in [-0.4, -0.2) is 25.0 Å². The highest BCUT2D eigenvalue weighted by Crippen LogP contribution is 2.28. The van der Waals surface area contributed by atoms with Crippen LogP contribution in [0.2, 0.25) is 0 Å². The van der Waals surface area contributed by atoms with Gasteiger partial charge in [0.2, 0.25) is 5.91 Å².